The summed E-state index contributed by atoms with van der Waals surface area (Å²) in [5.41, 5.74) is 0. The van der Waals surface area contributed by atoms with Crippen LogP contribution in [0.1, 0.15) is 13.8 Å². The van der Waals surface area contributed by atoms with Crippen LogP contribution in [-0.4, -0.2) is 16.2 Å². The number of hydrazine groups is 1. The topological polar surface area (TPSA) is 41.3 Å². The van der Waals surface area contributed by atoms with Gasteiger partial charge >= 0.3 is 61.3 Å². The summed E-state index contributed by atoms with van der Waals surface area (Å²) in [6.07, 6.45) is 0. The molecule has 0 aromatic rings. The summed E-state index contributed by atoms with van der Waals surface area (Å²) >= 11 is -0.114. The maximum absolute atomic E-state index is 5.12. The molecule has 0 atom stereocenters. The van der Waals surface area contributed by atoms with Gasteiger partial charge in [-0.2, -0.15) is 0 Å². The van der Waals surface area contributed by atoms with Gasteiger partial charge in [0.1, 0.15) is 0 Å². The van der Waals surface area contributed by atoms with Crippen LogP contribution in [0.4, 0.5) is 0 Å². The first-order valence-electron chi connectivity index (χ1n) is 2.51. The van der Waals surface area contributed by atoms with Crippen molar-refractivity contribution >= 4 is 0 Å². The molecule has 0 spiro atoms. The second-order valence-corrected chi connectivity index (χ2v) is 4.44. The number of hydrogen-bond donors (Lipinski definition) is 2. The van der Waals surface area contributed by atoms with Gasteiger partial charge in [-0.25, -0.2) is 0 Å². The van der Waals surface area contributed by atoms with Crippen molar-refractivity contribution in [1.29, 1.82) is 0 Å². The average Bonchev–Trinajstić information content (AvgIpc) is 1.67. The van der Waals surface area contributed by atoms with Gasteiger partial charge in [-0.3, -0.25) is 0 Å². The molecule has 52 valence electrons. The van der Waals surface area contributed by atoms with Gasteiger partial charge in [0.2, 0.25) is 0 Å². The number of nitrogens with zero attached hydrogens (tertiary/aromatic N) is 1. The molecule has 8 heavy (non-hydrogen) atoms. The molecule has 0 saturated carbocycles. The van der Waals surface area contributed by atoms with Gasteiger partial charge in [0.25, 0.3) is 0 Å². The van der Waals surface area contributed by atoms with Crippen molar-refractivity contribution in [2.24, 2.45) is 5.84 Å². The van der Waals surface area contributed by atoms with Gasteiger partial charge < -0.3 is 0 Å². The number of rotatable bonds is 3. The fourth-order valence-electron chi connectivity index (χ4n) is 0.175. The van der Waals surface area contributed by atoms with E-state index in [2.05, 4.69) is 27.6 Å². The van der Waals surface area contributed by atoms with E-state index in [1.165, 1.54) is 0 Å². The van der Waals surface area contributed by atoms with Gasteiger partial charge in [0.05, 0.1) is 0 Å². The molecule has 0 fully saturated rings. The van der Waals surface area contributed by atoms with Gasteiger partial charge in [-0.1, -0.05) is 0 Å². The molecule has 0 saturated heterocycles. The molecule has 4 heteroatoms. The van der Waals surface area contributed by atoms with Crippen LogP contribution >= 0.6 is 0 Å². The summed E-state index contributed by atoms with van der Waals surface area (Å²) in [5.74, 6) is 5.12. The Morgan fingerprint density at radius 1 is 1.62 bits per heavy atom. The van der Waals surface area contributed by atoms with Crippen LogP contribution in [0.25, 0.3) is 0 Å². The molecular formula is C4H13IN3-. The molecule has 0 unspecified atom stereocenters. The first-order chi connectivity index (χ1) is 3.68. The van der Waals surface area contributed by atoms with Gasteiger partial charge in [-0.05, 0) is 0 Å². The minimum atomic E-state index is -0.114. The molecule has 0 bridgehead atoms. The number of hydrogen-bond acceptors (Lipinski definition) is 3. The van der Waals surface area contributed by atoms with E-state index in [4.69, 9.17) is 5.84 Å². The fourth-order valence-corrected chi connectivity index (χ4v) is 1.17. The third-order valence-corrected chi connectivity index (χ3v) is 3.05. The monoisotopic (exact) mass is 230 g/mol. The van der Waals surface area contributed by atoms with Crippen LogP contribution in [0.2, 0.25) is 0 Å². The first kappa shape index (κ1) is 8.61. The van der Waals surface area contributed by atoms with Crippen LogP contribution in [-0.2, 0) is 0 Å². The third kappa shape index (κ3) is 3.59. The van der Waals surface area contributed by atoms with E-state index < -0.39 is 0 Å². The Morgan fingerprint density at radius 2 is 2.12 bits per heavy atom. The second kappa shape index (κ2) is 4.49. The third-order valence-electron chi connectivity index (χ3n) is 0.894. The maximum atomic E-state index is 5.12. The van der Waals surface area contributed by atoms with Crippen molar-refractivity contribution in [2.45, 2.75) is 19.9 Å². The van der Waals surface area contributed by atoms with Crippen LogP contribution < -0.4 is 31.2 Å². The Balaban J connectivity index is 3.17. The van der Waals surface area contributed by atoms with Crippen LogP contribution in [0.5, 0.6) is 0 Å². The van der Waals surface area contributed by atoms with Gasteiger partial charge in [0.15, 0.2) is 0 Å². The molecule has 0 aromatic carbocycles. The Bertz CT molecular complexity index is 57.2. The summed E-state index contributed by atoms with van der Waals surface area (Å²) < 4.78 is 4.91. The molecule has 3 nitrogen and oxygen atoms in total. The predicted molar refractivity (Wildman–Crippen MR) is 30.2 cm³/mol. The molecule has 0 radical (unpaired) electrons. The molecule has 0 heterocycles. The Labute approximate surface area is 61.6 Å². The summed E-state index contributed by atoms with van der Waals surface area (Å²) in [4.78, 5) is 0. The van der Waals surface area contributed by atoms with Crippen molar-refractivity contribution in [3.63, 3.8) is 0 Å². The normalized spacial score (nSPS) is 11.8. The van der Waals surface area contributed by atoms with E-state index in [9.17, 15) is 0 Å². The zero-order chi connectivity index (χ0) is 6.57. The van der Waals surface area contributed by atoms with Gasteiger partial charge in [0, 0.05) is 0 Å². The zero-order valence-electron chi connectivity index (χ0n) is 5.48. The van der Waals surface area contributed by atoms with Crippen molar-refractivity contribution < 1.29 is 21.8 Å². The summed E-state index contributed by atoms with van der Waals surface area (Å²) in [6, 6.07) is 0.610. The van der Waals surface area contributed by atoms with E-state index in [-0.39, 0.29) is 21.8 Å². The van der Waals surface area contributed by atoms with E-state index in [0.717, 1.165) is 0 Å². The standard InChI is InChI=1S/C4H13IN3/c1-4(2)8(3)5-7-6/h4,7H,6H2,1-3H3/q-1. The summed E-state index contributed by atoms with van der Waals surface area (Å²) in [7, 11) is 2.07. The number of nitrogens with two attached hydrogens (primary N) is 1. The van der Waals surface area contributed by atoms with E-state index >= 15 is 0 Å². The van der Waals surface area contributed by atoms with Gasteiger partial charge in [-0.15, -0.1) is 0 Å². The molecule has 0 aliphatic rings. The van der Waals surface area contributed by atoms with Crippen LogP contribution in [0.3, 0.4) is 0 Å². The Kier molecular flexibility index (Phi) is 4.83. The first-order valence-corrected chi connectivity index (χ1v) is 4.55. The molecule has 0 aliphatic heterocycles. The van der Waals surface area contributed by atoms with Crippen molar-refractivity contribution in [1.82, 2.24) is 6.75 Å². The van der Waals surface area contributed by atoms with Crippen LogP contribution in [0, 0.1) is 0 Å². The molecule has 0 rings (SSSR count). The molecule has 0 aliphatic carbocycles. The molecular weight excluding hydrogens is 217 g/mol. The minimum absolute atomic E-state index is 0.114. The predicted octanol–water partition coefficient (Wildman–Crippen LogP) is -3.29. The Hall–Kier alpha value is 0.610. The molecule has 0 amide bonds. The summed E-state index contributed by atoms with van der Waals surface area (Å²) in [5, 5.41) is 0. The molecule has 3 N–H and O–H groups in total. The molecule has 0 aromatic heterocycles. The Morgan fingerprint density at radius 3 is 2.25 bits per heavy atom. The van der Waals surface area contributed by atoms with E-state index in [1.807, 2.05) is 0 Å². The fraction of sp³-hybridized carbons (Fsp3) is 1.00. The average molecular weight is 230 g/mol. The van der Waals surface area contributed by atoms with Crippen molar-refractivity contribution in [2.75, 3.05) is 7.05 Å². The SMILES string of the molecule is CC(C)N(C)[I-]NN. The summed E-state index contributed by atoms with van der Waals surface area (Å²) in [6.45, 7) is 4.30. The van der Waals surface area contributed by atoms with E-state index in [1.54, 1.807) is 0 Å². The quantitative estimate of drug-likeness (QED) is 0.231. The number of halogens is 1. The number of nitrogens with one attached hydrogen (secondary N) is 1. The van der Waals surface area contributed by atoms with Crippen LogP contribution in [0.15, 0.2) is 0 Å². The zero-order valence-corrected chi connectivity index (χ0v) is 7.64. The van der Waals surface area contributed by atoms with Crippen molar-refractivity contribution in [3.05, 3.63) is 0 Å². The van der Waals surface area contributed by atoms with Crippen molar-refractivity contribution in [3.8, 4) is 0 Å². The second-order valence-electron chi connectivity index (χ2n) is 1.81. The van der Waals surface area contributed by atoms with E-state index in [0.29, 0.717) is 6.04 Å².